The molecule has 0 aliphatic carbocycles. The number of hydrogen-bond donors (Lipinski definition) is 0. The number of methoxy groups -OCH3 is 1. The molecule has 1 amide bonds. The molecule has 11 heteroatoms. The number of anilines is 1. The van der Waals surface area contributed by atoms with Crippen LogP contribution in [0.15, 0.2) is 41.3 Å². The number of piperidine rings is 1. The summed E-state index contributed by atoms with van der Waals surface area (Å²) >= 11 is 7.88. The van der Waals surface area contributed by atoms with Gasteiger partial charge < -0.3 is 14.5 Å². The molecule has 2 saturated heterocycles. The highest BCUT2D eigenvalue weighted by atomic mass is 35.5. The molecule has 2 aliphatic rings. The van der Waals surface area contributed by atoms with Gasteiger partial charge in [-0.25, -0.2) is 13.4 Å². The molecule has 1 aromatic heterocycles. The number of carbonyl (C=O) groups is 1. The van der Waals surface area contributed by atoms with Crippen LogP contribution in [0.5, 0.6) is 5.75 Å². The summed E-state index contributed by atoms with van der Waals surface area (Å²) in [6.07, 6.45) is 1.75. The van der Waals surface area contributed by atoms with Gasteiger partial charge in [-0.3, -0.25) is 4.79 Å². The molecule has 2 aromatic carbocycles. The lowest BCUT2D eigenvalue weighted by Gasteiger charge is -2.34. The molecule has 0 N–H and O–H groups in total. The summed E-state index contributed by atoms with van der Waals surface area (Å²) in [5.41, 5.74) is 1.24. The van der Waals surface area contributed by atoms with Gasteiger partial charge in [0.2, 0.25) is 10.0 Å². The maximum atomic E-state index is 13.1. The van der Waals surface area contributed by atoms with Crippen LogP contribution in [0.1, 0.15) is 30.1 Å². The summed E-state index contributed by atoms with van der Waals surface area (Å²) in [4.78, 5) is 22.0. The first-order chi connectivity index (χ1) is 17.3. The molecular weight excluding hydrogens is 520 g/mol. The van der Waals surface area contributed by atoms with E-state index in [0.717, 1.165) is 28.2 Å². The van der Waals surface area contributed by atoms with Crippen molar-refractivity contribution < 1.29 is 17.9 Å². The van der Waals surface area contributed by atoms with E-state index >= 15 is 0 Å². The summed E-state index contributed by atoms with van der Waals surface area (Å²) in [5, 5.41) is 1.49. The Balaban J connectivity index is 1.24. The number of hydrogen-bond acceptors (Lipinski definition) is 7. The lowest BCUT2D eigenvalue weighted by atomic mass is 10.0. The van der Waals surface area contributed by atoms with Crippen LogP contribution in [-0.4, -0.2) is 74.9 Å². The number of ether oxygens (including phenoxy) is 1. The minimum absolute atomic E-state index is 0.0978. The maximum Gasteiger partial charge on any atom is 0.253 e. The first kappa shape index (κ1) is 25.3. The number of benzene rings is 2. The van der Waals surface area contributed by atoms with E-state index in [4.69, 9.17) is 21.3 Å². The van der Waals surface area contributed by atoms with Crippen LogP contribution >= 0.6 is 22.9 Å². The molecule has 3 aromatic rings. The zero-order valence-electron chi connectivity index (χ0n) is 20.3. The van der Waals surface area contributed by atoms with Gasteiger partial charge in [0.05, 0.1) is 21.7 Å². The Hall–Kier alpha value is -2.40. The predicted molar refractivity (Wildman–Crippen MR) is 143 cm³/mol. The van der Waals surface area contributed by atoms with Gasteiger partial charge in [0.15, 0.2) is 5.13 Å². The van der Waals surface area contributed by atoms with E-state index in [1.54, 1.807) is 40.6 Å². The van der Waals surface area contributed by atoms with Crippen molar-refractivity contribution in [1.29, 1.82) is 0 Å². The first-order valence-electron chi connectivity index (χ1n) is 12.1. The molecule has 0 spiro atoms. The molecule has 192 valence electrons. The van der Waals surface area contributed by atoms with Crippen molar-refractivity contribution in [2.45, 2.75) is 24.7 Å². The average Bonchev–Trinajstić information content (AvgIpc) is 3.36. The highest BCUT2D eigenvalue weighted by Crippen LogP contribution is 2.39. The van der Waals surface area contributed by atoms with E-state index in [1.165, 1.54) is 11.3 Å². The number of aromatic nitrogens is 1. The fraction of sp³-hybridized carbons (Fsp3) is 0.440. The van der Waals surface area contributed by atoms with Crippen molar-refractivity contribution in [1.82, 2.24) is 14.2 Å². The van der Waals surface area contributed by atoms with Gasteiger partial charge in [0.25, 0.3) is 5.91 Å². The van der Waals surface area contributed by atoms with Gasteiger partial charge in [-0.05, 0) is 55.2 Å². The smallest absolute Gasteiger partial charge is 0.253 e. The van der Waals surface area contributed by atoms with Crippen molar-refractivity contribution >= 4 is 54.2 Å². The molecule has 0 unspecified atom stereocenters. The van der Waals surface area contributed by atoms with Crippen LogP contribution < -0.4 is 9.64 Å². The van der Waals surface area contributed by atoms with Gasteiger partial charge in [0, 0.05) is 44.8 Å². The summed E-state index contributed by atoms with van der Waals surface area (Å²) in [5.74, 6) is 1.14. The van der Waals surface area contributed by atoms with Crippen LogP contribution in [-0.2, 0) is 10.0 Å². The van der Waals surface area contributed by atoms with Crippen molar-refractivity contribution in [3.63, 3.8) is 0 Å². The highest BCUT2D eigenvalue weighted by Gasteiger charge is 2.29. The number of rotatable bonds is 5. The van der Waals surface area contributed by atoms with Crippen molar-refractivity contribution in [3.05, 3.63) is 47.0 Å². The molecular formula is C25H29ClN4O4S2. The number of amides is 1. The molecule has 36 heavy (non-hydrogen) atoms. The molecule has 0 saturated carbocycles. The average molecular weight is 549 g/mol. The minimum Gasteiger partial charge on any atom is -0.494 e. The second-order valence-electron chi connectivity index (χ2n) is 9.31. The van der Waals surface area contributed by atoms with E-state index in [0.29, 0.717) is 61.5 Å². The molecule has 8 nitrogen and oxygen atoms in total. The van der Waals surface area contributed by atoms with E-state index in [1.807, 2.05) is 12.1 Å². The van der Waals surface area contributed by atoms with E-state index in [9.17, 15) is 13.2 Å². The highest BCUT2D eigenvalue weighted by molar-refractivity contribution is 7.89. The van der Waals surface area contributed by atoms with E-state index < -0.39 is 10.0 Å². The van der Waals surface area contributed by atoms with Crippen LogP contribution in [0, 0.1) is 5.92 Å². The molecule has 5 rings (SSSR count). The monoisotopic (exact) mass is 548 g/mol. The first-order valence-corrected chi connectivity index (χ1v) is 14.7. The summed E-state index contributed by atoms with van der Waals surface area (Å²) in [6.45, 7) is 5.62. The molecule has 0 radical (unpaired) electrons. The van der Waals surface area contributed by atoms with Gasteiger partial charge in [-0.2, -0.15) is 4.31 Å². The van der Waals surface area contributed by atoms with Gasteiger partial charge >= 0.3 is 0 Å². The third kappa shape index (κ3) is 4.79. The fourth-order valence-corrected chi connectivity index (χ4v) is 7.45. The van der Waals surface area contributed by atoms with Crippen LogP contribution in [0.3, 0.4) is 0 Å². The standard InChI is InChI=1S/C25H29ClN4O4S2/c1-17-9-11-30(12-10-17)36(32,33)19-5-3-18(4-6-19)24(31)28-13-15-29(16-14-28)25-27-22-21(34-2)8-7-20(26)23(22)35-25/h3-8,17H,9-16H2,1-2H3. The Morgan fingerprint density at radius 2 is 1.69 bits per heavy atom. The number of sulfonamides is 1. The molecule has 0 bridgehead atoms. The lowest BCUT2D eigenvalue weighted by molar-refractivity contribution is 0.0746. The lowest BCUT2D eigenvalue weighted by Crippen LogP contribution is -2.48. The van der Waals surface area contributed by atoms with Gasteiger partial charge in [-0.1, -0.05) is 29.9 Å². The summed E-state index contributed by atoms with van der Waals surface area (Å²) in [6, 6.07) is 9.97. The van der Waals surface area contributed by atoms with E-state index in [2.05, 4.69) is 11.8 Å². The topological polar surface area (TPSA) is 83.0 Å². The summed E-state index contributed by atoms with van der Waals surface area (Å²) < 4.78 is 33.8. The van der Waals surface area contributed by atoms with Gasteiger partial charge in [0.1, 0.15) is 11.3 Å². The number of carbonyl (C=O) groups excluding carboxylic acids is 1. The minimum atomic E-state index is -3.53. The SMILES string of the molecule is COc1ccc(Cl)c2sc(N3CCN(C(=O)c4ccc(S(=O)(=O)N5CCC(C)CC5)cc4)CC3)nc12. The Morgan fingerprint density at radius 1 is 1.03 bits per heavy atom. The van der Waals surface area contributed by atoms with Gasteiger partial charge in [-0.15, -0.1) is 0 Å². The second-order valence-corrected chi connectivity index (χ2v) is 12.6. The van der Waals surface area contributed by atoms with Crippen molar-refractivity contribution in [2.75, 3.05) is 51.3 Å². The predicted octanol–water partition coefficient (Wildman–Crippen LogP) is 4.34. The number of piperazine rings is 1. The maximum absolute atomic E-state index is 13.1. The summed E-state index contributed by atoms with van der Waals surface area (Å²) in [7, 11) is -1.92. The Labute approximate surface area is 220 Å². The third-order valence-electron chi connectivity index (χ3n) is 6.99. The zero-order valence-corrected chi connectivity index (χ0v) is 22.7. The number of halogens is 1. The number of nitrogens with zero attached hydrogens (tertiary/aromatic N) is 4. The molecule has 3 heterocycles. The third-order valence-corrected chi connectivity index (χ3v) is 10.5. The van der Waals surface area contributed by atoms with Crippen LogP contribution in [0.25, 0.3) is 10.2 Å². The van der Waals surface area contributed by atoms with Crippen molar-refractivity contribution in [2.24, 2.45) is 5.92 Å². The Morgan fingerprint density at radius 3 is 2.33 bits per heavy atom. The Kier molecular flexibility index (Phi) is 7.13. The normalized spacial score (nSPS) is 18.1. The number of fused-ring (bicyclic) bond motifs is 1. The molecule has 0 atom stereocenters. The molecule has 2 fully saturated rings. The van der Waals surface area contributed by atoms with Crippen LogP contribution in [0.2, 0.25) is 5.02 Å². The van der Waals surface area contributed by atoms with Crippen molar-refractivity contribution in [3.8, 4) is 5.75 Å². The zero-order chi connectivity index (χ0) is 25.4. The van der Waals surface area contributed by atoms with Crippen LogP contribution in [0.4, 0.5) is 5.13 Å². The largest absolute Gasteiger partial charge is 0.494 e. The number of thiazole rings is 1. The fourth-order valence-electron chi connectivity index (χ4n) is 4.67. The van der Waals surface area contributed by atoms with E-state index in [-0.39, 0.29) is 10.8 Å². The molecule has 2 aliphatic heterocycles. The second kappa shape index (κ2) is 10.2. The Bertz CT molecular complexity index is 1360. The quantitative estimate of drug-likeness (QED) is 0.471.